The van der Waals surface area contributed by atoms with E-state index >= 15 is 0 Å². The molecule has 150 valence electrons. The van der Waals surface area contributed by atoms with Crippen molar-refractivity contribution in [3.63, 3.8) is 0 Å². The van der Waals surface area contributed by atoms with Crippen molar-refractivity contribution < 1.29 is 31.9 Å². The molecule has 0 aliphatic carbocycles. The van der Waals surface area contributed by atoms with Gasteiger partial charge in [-0.15, -0.1) is 0 Å². The Bertz CT molecular complexity index is 856. The number of aromatic nitrogens is 2. The molecule has 2 rings (SSSR count). The fourth-order valence-corrected chi connectivity index (χ4v) is 2.15. The maximum absolute atomic E-state index is 13.8. The predicted octanol–water partition coefficient (Wildman–Crippen LogP) is 3.01. The molecular formula is C18H17F4N3O3. The van der Waals surface area contributed by atoms with Gasteiger partial charge in [-0.2, -0.15) is 13.2 Å². The van der Waals surface area contributed by atoms with Crippen LogP contribution in [0.2, 0.25) is 0 Å². The molecule has 0 saturated carbocycles. The molecule has 2 heterocycles. The van der Waals surface area contributed by atoms with Gasteiger partial charge in [0.1, 0.15) is 5.78 Å². The normalized spacial score (nSPS) is 11.2. The Morgan fingerprint density at radius 2 is 1.96 bits per heavy atom. The van der Waals surface area contributed by atoms with Crippen molar-refractivity contribution in [3.8, 4) is 5.88 Å². The molecule has 0 fully saturated rings. The molecular weight excluding hydrogens is 382 g/mol. The molecule has 2 aromatic rings. The highest BCUT2D eigenvalue weighted by atomic mass is 19.4. The lowest BCUT2D eigenvalue weighted by Crippen LogP contribution is -2.23. The van der Waals surface area contributed by atoms with E-state index in [0.29, 0.717) is 12.1 Å². The zero-order valence-electron chi connectivity index (χ0n) is 14.8. The number of hydrogen-bond donors (Lipinski definition) is 1. The second kappa shape index (κ2) is 9.25. The Labute approximate surface area is 157 Å². The first-order valence-corrected chi connectivity index (χ1v) is 8.26. The van der Waals surface area contributed by atoms with E-state index < -0.39 is 30.4 Å². The van der Waals surface area contributed by atoms with Crippen molar-refractivity contribution in [2.24, 2.45) is 0 Å². The fraction of sp³-hybridized carbons (Fsp3) is 0.333. The van der Waals surface area contributed by atoms with E-state index in [1.54, 1.807) is 6.92 Å². The number of carbonyl (C=O) groups is 2. The molecule has 1 amide bonds. The summed E-state index contributed by atoms with van der Waals surface area (Å²) >= 11 is 0. The molecule has 10 heteroatoms. The fourth-order valence-electron chi connectivity index (χ4n) is 2.15. The molecule has 0 unspecified atom stereocenters. The van der Waals surface area contributed by atoms with E-state index in [0.717, 1.165) is 12.3 Å². The Kier molecular flexibility index (Phi) is 7.02. The maximum atomic E-state index is 13.8. The van der Waals surface area contributed by atoms with E-state index in [2.05, 4.69) is 20.0 Å². The number of hydrogen-bond acceptors (Lipinski definition) is 5. The number of pyridine rings is 2. The summed E-state index contributed by atoms with van der Waals surface area (Å²) in [5.74, 6) is -2.34. The van der Waals surface area contributed by atoms with Gasteiger partial charge in [0.05, 0.1) is 0 Å². The molecule has 28 heavy (non-hydrogen) atoms. The van der Waals surface area contributed by atoms with E-state index in [1.807, 2.05) is 0 Å². The van der Waals surface area contributed by atoms with Crippen LogP contribution in [0.5, 0.6) is 5.88 Å². The minimum Gasteiger partial charge on any atom is -0.466 e. The Morgan fingerprint density at radius 3 is 2.61 bits per heavy atom. The van der Waals surface area contributed by atoms with Crippen LogP contribution in [0.3, 0.4) is 0 Å². The van der Waals surface area contributed by atoms with Crippen LogP contribution in [0, 0.1) is 5.82 Å². The van der Waals surface area contributed by atoms with Gasteiger partial charge in [0.25, 0.3) is 11.8 Å². The van der Waals surface area contributed by atoms with Gasteiger partial charge in [0.15, 0.2) is 12.4 Å². The van der Waals surface area contributed by atoms with Crippen LogP contribution >= 0.6 is 0 Å². The molecule has 0 spiro atoms. The summed E-state index contributed by atoms with van der Waals surface area (Å²) in [6.45, 7) is -0.0305. The smallest absolute Gasteiger partial charge is 0.422 e. The van der Waals surface area contributed by atoms with E-state index in [1.165, 1.54) is 18.3 Å². The Morgan fingerprint density at radius 1 is 1.21 bits per heavy atom. The zero-order valence-corrected chi connectivity index (χ0v) is 14.8. The van der Waals surface area contributed by atoms with Crippen molar-refractivity contribution in [3.05, 3.63) is 53.2 Å². The number of Topliss-reactive ketones (excluding diaryl/α,β-unsaturated/α-hetero) is 1. The van der Waals surface area contributed by atoms with Gasteiger partial charge in [-0.25, -0.2) is 9.37 Å². The highest BCUT2D eigenvalue weighted by molar-refractivity contribution is 5.94. The van der Waals surface area contributed by atoms with Gasteiger partial charge >= 0.3 is 6.18 Å². The molecule has 0 aliphatic rings. The number of alkyl halides is 3. The van der Waals surface area contributed by atoms with Crippen molar-refractivity contribution >= 4 is 11.7 Å². The minimum atomic E-state index is -4.61. The number of halogens is 4. The molecule has 0 saturated heterocycles. The van der Waals surface area contributed by atoms with E-state index in [4.69, 9.17) is 0 Å². The summed E-state index contributed by atoms with van der Waals surface area (Å²) < 4.78 is 54.3. The average molecular weight is 399 g/mol. The van der Waals surface area contributed by atoms with Gasteiger partial charge in [0.2, 0.25) is 0 Å². The number of amides is 1. The topological polar surface area (TPSA) is 81.2 Å². The van der Waals surface area contributed by atoms with Gasteiger partial charge in [-0.1, -0.05) is 6.92 Å². The summed E-state index contributed by atoms with van der Waals surface area (Å²) in [6.07, 6.45) is -1.62. The molecule has 0 aromatic carbocycles. The average Bonchev–Trinajstić information content (AvgIpc) is 2.64. The highest BCUT2D eigenvalue weighted by Crippen LogP contribution is 2.20. The summed E-state index contributed by atoms with van der Waals surface area (Å²) in [7, 11) is 0. The number of carbonyl (C=O) groups excluding carboxylic acids is 2. The molecule has 1 N–H and O–H groups in total. The van der Waals surface area contributed by atoms with Crippen LogP contribution in [0.15, 0.2) is 30.6 Å². The molecule has 0 aliphatic heterocycles. The summed E-state index contributed by atoms with van der Waals surface area (Å²) in [5.41, 5.74) is 0.964. The maximum Gasteiger partial charge on any atom is 0.422 e. The highest BCUT2D eigenvalue weighted by Gasteiger charge is 2.29. The molecule has 6 nitrogen and oxygen atoms in total. The second-order valence-electron chi connectivity index (χ2n) is 5.82. The predicted molar refractivity (Wildman–Crippen MR) is 90.2 cm³/mol. The minimum absolute atomic E-state index is 0.0144. The summed E-state index contributed by atoms with van der Waals surface area (Å²) in [6, 6.07) is 3.87. The lowest BCUT2D eigenvalue weighted by Gasteiger charge is -2.10. The zero-order chi connectivity index (χ0) is 20.7. The molecule has 2 aromatic heterocycles. The first-order valence-electron chi connectivity index (χ1n) is 8.26. The largest absolute Gasteiger partial charge is 0.466 e. The van der Waals surface area contributed by atoms with E-state index in [9.17, 15) is 27.2 Å². The third-order valence-corrected chi connectivity index (χ3v) is 3.54. The van der Waals surface area contributed by atoms with Crippen molar-refractivity contribution in [2.45, 2.75) is 32.5 Å². The molecule has 0 atom stereocenters. The Hall–Kier alpha value is -3.04. The first-order chi connectivity index (χ1) is 13.2. The SMILES string of the molecule is CCC(=O)Cc1cc(C(=O)NCc2cnc(OCC(F)(F)F)c(F)c2)ccn1. The summed E-state index contributed by atoms with van der Waals surface area (Å²) in [4.78, 5) is 31.2. The van der Waals surface area contributed by atoms with Crippen LogP contribution in [0.4, 0.5) is 17.6 Å². The standard InChI is InChI=1S/C18H17F4N3O3/c1-2-14(26)7-13-6-12(3-4-23-13)16(27)24-8-11-5-15(19)17(25-9-11)28-10-18(20,21)22/h3-6,9H,2,7-8,10H2,1H3,(H,24,27). The Balaban J connectivity index is 1.96. The quantitative estimate of drug-likeness (QED) is 0.691. The second-order valence-corrected chi connectivity index (χ2v) is 5.82. The number of ketones is 1. The molecule has 0 radical (unpaired) electrons. The van der Waals surface area contributed by atoms with Gasteiger partial charge in [0, 0.05) is 43.0 Å². The summed E-state index contributed by atoms with van der Waals surface area (Å²) in [5, 5.41) is 2.53. The lowest BCUT2D eigenvalue weighted by atomic mass is 10.1. The van der Waals surface area contributed by atoms with Crippen LogP contribution in [0.25, 0.3) is 0 Å². The van der Waals surface area contributed by atoms with Gasteiger partial charge in [-0.3, -0.25) is 14.6 Å². The van der Waals surface area contributed by atoms with Crippen molar-refractivity contribution in [1.82, 2.24) is 15.3 Å². The third kappa shape index (κ3) is 6.60. The van der Waals surface area contributed by atoms with Crippen molar-refractivity contribution in [1.29, 1.82) is 0 Å². The first kappa shape index (κ1) is 21.3. The van der Waals surface area contributed by atoms with Crippen LogP contribution in [-0.4, -0.2) is 34.4 Å². The van der Waals surface area contributed by atoms with Gasteiger partial charge in [-0.05, 0) is 23.8 Å². The number of nitrogens with zero attached hydrogens (tertiary/aromatic N) is 2. The van der Waals surface area contributed by atoms with Crippen LogP contribution < -0.4 is 10.1 Å². The van der Waals surface area contributed by atoms with Gasteiger partial charge < -0.3 is 10.1 Å². The van der Waals surface area contributed by atoms with Crippen LogP contribution in [0.1, 0.15) is 35.0 Å². The lowest BCUT2D eigenvalue weighted by molar-refractivity contribution is -0.154. The molecule has 0 bridgehead atoms. The third-order valence-electron chi connectivity index (χ3n) is 3.54. The number of rotatable bonds is 8. The number of nitrogens with one attached hydrogen (secondary N) is 1. The van der Waals surface area contributed by atoms with Crippen LogP contribution in [-0.2, 0) is 17.8 Å². The monoisotopic (exact) mass is 399 g/mol. The van der Waals surface area contributed by atoms with E-state index in [-0.39, 0.29) is 29.9 Å². The number of ether oxygens (including phenoxy) is 1. The van der Waals surface area contributed by atoms with Crippen molar-refractivity contribution in [2.75, 3.05) is 6.61 Å².